The molecule has 0 bridgehead atoms. The summed E-state index contributed by atoms with van der Waals surface area (Å²) < 4.78 is 44.0. The van der Waals surface area contributed by atoms with Gasteiger partial charge in [0.25, 0.3) is 5.91 Å². The molecule has 5 rings (SSSR count). The zero-order chi connectivity index (χ0) is 31.8. The van der Waals surface area contributed by atoms with Crippen molar-refractivity contribution in [2.75, 3.05) is 10.5 Å². The van der Waals surface area contributed by atoms with Crippen LogP contribution < -0.4 is 4.72 Å². The van der Waals surface area contributed by atoms with E-state index in [1.54, 1.807) is 84.2 Å². The maximum Gasteiger partial charge on any atom is 0.265 e. The molecule has 0 fully saturated rings. The minimum atomic E-state index is -3.73. The summed E-state index contributed by atoms with van der Waals surface area (Å²) >= 11 is 14.2. The predicted octanol–water partition coefficient (Wildman–Crippen LogP) is 8.47. The van der Waals surface area contributed by atoms with Gasteiger partial charge in [-0.05, 0) is 76.5 Å². The molecule has 0 spiro atoms. The van der Waals surface area contributed by atoms with Crippen molar-refractivity contribution in [1.82, 2.24) is 9.55 Å². The van der Waals surface area contributed by atoms with Crippen LogP contribution >= 0.6 is 45.8 Å². The zero-order valence-electron chi connectivity index (χ0n) is 23.1. The lowest BCUT2D eigenvalue weighted by Crippen LogP contribution is -2.18. The Bertz CT molecular complexity index is 2080. The number of aromatic nitrogens is 2. The number of halogens is 4. The molecule has 7 nitrogen and oxygen atoms in total. The van der Waals surface area contributed by atoms with Crippen LogP contribution in [0.25, 0.3) is 28.2 Å². The number of anilines is 1. The summed E-state index contributed by atoms with van der Waals surface area (Å²) in [5, 5.41) is 0.982. The highest BCUT2D eigenvalue weighted by Crippen LogP contribution is 2.34. The Labute approximate surface area is 276 Å². The SMILES string of the molecule is C=Cc1cccc(Cl)c1C(=O)n1cc(C(=O)c2c(F)ccc(NS(=O)(=O)CCC)c2I)c2cc(-c3ccc(Cl)cc3)cnc21. The number of fused-ring (bicyclic) bond motifs is 1. The number of nitrogens with zero attached hydrogens (tertiary/aromatic N) is 2. The molecule has 0 unspecified atom stereocenters. The highest BCUT2D eigenvalue weighted by molar-refractivity contribution is 14.1. The van der Waals surface area contributed by atoms with Gasteiger partial charge in [0.05, 0.1) is 36.7 Å². The molecule has 224 valence electrons. The standard InChI is InChI=1S/C32H23Cl2FIN3O4S/c1-3-14-44(42,43)38-26-13-12-25(35)28(29(26)36)30(40)23-17-39(32(41)27-18(4-2)6-5-7-24(27)34)31-22(23)15-20(16-37-31)19-8-10-21(33)11-9-19/h4-13,15-17,38H,2-3,14H2,1H3. The maximum absolute atomic E-state index is 15.4. The van der Waals surface area contributed by atoms with Crippen molar-refractivity contribution in [3.8, 4) is 11.1 Å². The lowest BCUT2D eigenvalue weighted by Gasteiger charge is -2.13. The maximum atomic E-state index is 15.4. The van der Waals surface area contributed by atoms with E-state index in [-0.39, 0.29) is 47.8 Å². The lowest BCUT2D eigenvalue weighted by molar-refractivity contribution is 0.0964. The molecule has 0 amide bonds. The first-order valence-corrected chi connectivity index (χ1v) is 16.7. The molecule has 0 aliphatic heterocycles. The third-order valence-corrected chi connectivity index (χ3v) is 9.98. The van der Waals surface area contributed by atoms with Crippen LogP contribution in [0, 0.1) is 9.39 Å². The summed E-state index contributed by atoms with van der Waals surface area (Å²) in [6.07, 6.45) is 4.71. The second-order valence-electron chi connectivity index (χ2n) is 9.76. The van der Waals surface area contributed by atoms with Gasteiger partial charge >= 0.3 is 0 Å². The summed E-state index contributed by atoms with van der Waals surface area (Å²) in [6, 6.07) is 15.9. The molecule has 0 atom stereocenters. The topological polar surface area (TPSA) is 98.1 Å². The Balaban J connectivity index is 1.73. The first-order valence-electron chi connectivity index (χ1n) is 13.2. The smallest absolute Gasteiger partial charge is 0.265 e. The second-order valence-corrected chi connectivity index (χ2v) is 13.5. The summed E-state index contributed by atoms with van der Waals surface area (Å²) in [6.45, 7) is 5.49. The number of sulfonamides is 1. The van der Waals surface area contributed by atoms with Crippen LogP contribution in [0.1, 0.15) is 45.2 Å². The van der Waals surface area contributed by atoms with Crippen molar-refractivity contribution in [3.05, 3.63) is 121 Å². The molecule has 2 aromatic heterocycles. The van der Waals surface area contributed by atoms with Gasteiger partial charge in [-0.3, -0.25) is 18.9 Å². The van der Waals surface area contributed by atoms with Crippen molar-refractivity contribution in [1.29, 1.82) is 0 Å². The quantitative estimate of drug-likeness (QED) is 0.120. The molecule has 0 radical (unpaired) electrons. The number of rotatable bonds is 9. The molecule has 5 aromatic rings. The van der Waals surface area contributed by atoms with Crippen molar-refractivity contribution in [3.63, 3.8) is 0 Å². The molecule has 0 saturated heterocycles. The third kappa shape index (κ3) is 6.16. The van der Waals surface area contributed by atoms with E-state index < -0.39 is 27.5 Å². The van der Waals surface area contributed by atoms with Gasteiger partial charge in [-0.25, -0.2) is 17.8 Å². The van der Waals surface area contributed by atoms with Crippen LogP contribution in [0.5, 0.6) is 0 Å². The van der Waals surface area contributed by atoms with Crippen LogP contribution in [-0.4, -0.2) is 35.4 Å². The van der Waals surface area contributed by atoms with Gasteiger partial charge in [-0.2, -0.15) is 0 Å². The fourth-order valence-corrected chi connectivity index (χ4v) is 7.30. The number of ketones is 1. The average molecular weight is 762 g/mol. The van der Waals surface area contributed by atoms with Crippen molar-refractivity contribution >= 4 is 90.3 Å². The molecule has 0 saturated carbocycles. The van der Waals surface area contributed by atoms with Gasteiger partial charge in [-0.1, -0.05) is 67.0 Å². The Kier molecular flexibility index (Phi) is 9.26. The Morgan fingerprint density at radius 2 is 1.80 bits per heavy atom. The van der Waals surface area contributed by atoms with Gasteiger partial charge in [0.15, 0.2) is 5.78 Å². The molecule has 1 N–H and O–H groups in total. The zero-order valence-corrected chi connectivity index (χ0v) is 27.6. The Hall–Kier alpha value is -3.58. The monoisotopic (exact) mass is 761 g/mol. The van der Waals surface area contributed by atoms with Crippen LogP contribution in [-0.2, 0) is 10.0 Å². The molecule has 0 aliphatic carbocycles. The van der Waals surface area contributed by atoms with Crippen LogP contribution in [0.3, 0.4) is 0 Å². The van der Waals surface area contributed by atoms with E-state index in [1.807, 2.05) is 0 Å². The lowest BCUT2D eigenvalue weighted by atomic mass is 10.0. The Morgan fingerprint density at radius 3 is 2.48 bits per heavy atom. The third-order valence-electron chi connectivity index (χ3n) is 6.82. The number of hydrogen-bond donors (Lipinski definition) is 1. The first kappa shape index (κ1) is 31.8. The van der Waals surface area contributed by atoms with Gasteiger partial charge in [0.2, 0.25) is 10.0 Å². The highest BCUT2D eigenvalue weighted by Gasteiger charge is 2.28. The van der Waals surface area contributed by atoms with Crippen LogP contribution in [0.15, 0.2) is 79.6 Å². The number of carbonyl (C=O) groups excluding carboxylic acids is 2. The van der Waals surface area contributed by atoms with Crippen molar-refractivity contribution in [2.24, 2.45) is 0 Å². The van der Waals surface area contributed by atoms with E-state index in [9.17, 15) is 18.0 Å². The number of hydrogen-bond acceptors (Lipinski definition) is 5. The van der Waals surface area contributed by atoms with Crippen molar-refractivity contribution < 1.29 is 22.4 Å². The van der Waals surface area contributed by atoms with Crippen LogP contribution in [0.4, 0.5) is 10.1 Å². The summed E-state index contributed by atoms with van der Waals surface area (Å²) in [5.74, 6) is -2.34. The molecule has 0 aliphatic rings. The number of carbonyl (C=O) groups is 2. The van der Waals surface area contributed by atoms with Gasteiger partial charge in [0, 0.05) is 28.4 Å². The minimum absolute atomic E-state index is 0.0192. The average Bonchev–Trinajstić information content (AvgIpc) is 3.37. The van der Waals surface area contributed by atoms with E-state index in [2.05, 4.69) is 16.3 Å². The molecule has 44 heavy (non-hydrogen) atoms. The summed E-state index contributed by atoms with van der Waals surface area (Å²) in [5.41, 5.74) is 1.82. The van der Waals surface area contributed by atoms with Gasteiger partial charge in [-0.15, -0.1) is 0 Å². The largest absolute Gasteiger partial charge is 0.288 e. The van der Waals surface area contributed by atoms with E-state index in [1.165, 1.54) is 22.9 Å². The first-order chi connectivity index (χ1) is 21.0. The normalized spacial score (nSPS) is 11.5. The second kappa shape index (κ2) is 12.8. The highest BCUT2D eigenvalue weighted by atomic mass is 127. The van der Waals surface area contributed by atoms with E-state index in [4.69, 9.17) is 23.2 Å². The van der Waals surface area contributed by atoms with E-state index >= 15 is 4.39 Å². The molecular weight excluding hydrogens is 739 g/mol. The van der Waals surface area contributed by atoms with E-state index in [0.717, 1.165) is 11.6 Å². The molecule has 3 aromatic carbocycles. The van der Waals surface area contributed by atoms with Gasteiger partial charge < -0.3 is 0 Å². The molecule has 12 heteroatoms. The van der Waals surface area contributed by atoms with Crippen LogP contribution in [0.2, 0.25) is 10.0 Å². The summed E-state index contributed by atoms with van der Waals surface area (Å²) in [4.78, 5) is 32.7. The number of pyridine rings is 1. The Morgan fingerprint density at radius 1 is 1.07 bits per heavy atom. The van der Waals surface area contributed by atoms with E-state index in [0.29, 0.717) is 22.6 Å². The summed E-state index contributed by atoms with van der Waals surface area (Å²) in [7, 11) is -3.73. The predicted molar refractivity (Wildman–Crippen MR) is 182 cm³/mol. The van der Waals surface area contributed by atoms with Crippen molar-refractivity contribution in [2.45, 2.75) is 13.3 Å². The fourth-order valence-electron chi connectivity index (χ4n) is 4.76. The number of nitrogens with one attached hydrogen (secondary N) is 1. The molecular formula is C32H23Cl2FIN3O4S. The number of benzene rings is 3. The van der Waals surface area contributed by atoms with Gasteiger partial charge in [0.1, 0.15) is 11.5 Å². The minimum Gasteiger partial charge on any atom is -0.288 e. The fraction of sp³-hybridized carbons (Fsp3) is 0.0938. The molecule has 2 heterocycles.